The van der Waals surface area contributed by atoms with Crippen LogP contribution in [0.15, 0.2) is 47.4 Å². The Bertz CT molecular complexity index is 1330. The van der Waals surface area contributed by atoms with Crippen molar-refractivity contribution in [3.05, 3.63) is 74.6 Å². The SMILES string of the molecule is C[C@H](N)c1cc2cccc(Cl)c2c(=O)n1C1CC1c1nc(Cl)c2ncccc2n1. The first-order chi connectivity index (χ1) is 14.0. The van der Waals surface area contributed by atoms with Crippen molar-refractivity contribution in [2.45, 2.75) is 31.3 Å². The van der Waals surface area contributed by atoms with Crippen LogP contribution in [0, 0.1) is 0 Å². The molecule has 0 radical (unpaired) electrons. The zero-order valence-corrected chi connectivity index (χ0v) is 17.0. The van der Waals surface area contributed by atoms with Gasteiger partial charge in [-0.3, -0.25) is 9.78 Å². The maximum Gasteiger partial charge on any atom is 0.260 e. The van der Waals surface area contributed by atoms with Crippen molar-refractivity contribution in [3.63, 3.8) is 0 Å². The lowest BCUT2D eigenvalue weighted by Gasteiger charge is -2.17. The summed E-state index contributed by atoms with van der Waals surface area (Å²) in [5.41, 5.74) is 8.10. The van der Waals surface area contributed by atoms with Gasteiger partial charge in [0, 0.05) is 29.9 Å². The van der Waals surface area contributed by atoms with Gasteiger partial charge in [0.25, 0.3) is 5.56 Å². The first kappa shape index (κ1) is 18.5. The van der Waals surface area contributed by atoms with Crippen molar-refractivity contribution >= 4 is 45.0 Å². The predicted molar refractivity (Wildman–Crippen MR) is 115 cm³/mol. The lowest BCUT2D eigenvalue weighted by molar-refractivity contribution is 0.604. The number of hydrogen-bond acceptors (Lipinski definition) is 5. The maximum absolute atomic E-state index is 13.4. The highest BCUT2D eigenvalue weighted by Crippen LogP contribution is 2.51. The molecular weight excluding hydrogens is 409 g/mol. The van der Waals surface area contributed by atoms with Gasteiger partial charge in [0.15, 0.2) is 5.15 Å². The highest BCUT2D eigenvalue weighted by Gasteiger charge is 2.44. The summed E-state index contributed by atoms with van der Waals surface area (Å²) in [6.45, 7) is 1.87. The highest BCUT2D eigenvalue weighted by molar-refractivity contribution is 6.35. The molecule has 0 bridgehead atoms. The van der Waals surface area contributed by atoms with Crippen LogP contribution >= 0.6 is 23.2 Å². The number of pyridine rings is 2. The zero-order chi connectivity index (χ0) is 20.3. The third-order valence-electron chi connectivity index (χ3n) is 5.38. The fraction of sp³-hybridized carbons (Fsp3) is 0.238. The molecule has 3 aromatic heterocycles. The monoisotopic (exact) mass is 425 g/mol. The van der Waals surface area contributed by atoms with E-state index >= 15 is 0 Å². The van der Waals surface area contributed by atoms with Gasteiger partial charge in [-0.15, -0.1) is 0 Å². The van der Waals surface area contributed by atoms with Crippen LogP contribution in [0.5, 0.6) is 0 Å². The molecule has 2 unspecified atom stereocenters. The summed E-state index contributed by atoms with van der Waals surface area (Å²) < 4.78 is 1.76. The van der Waals surface area contributed by atoms with Crippen LogP contribution in [-0.2, 0) is 0 Å². The normalized spacial score (nSPS) is 19.6. The lowest BCUT2D eigenvalue weighted by Crippen LogP contribution is -2.27. The summed E-state index contributed by atoms with van der Waals surface area (Å²) in [6, 6.07) is 10.6. The minimum absolute atomic E-state index is 0.0211. The first-order valence-corrected chi connectivity index (χ1v) is 10.1. The Morgan fingerprint density at radius 1 is 1.21 bits per heavy atom. The van der Waals surface area contributed by atoms with Crippen LogP contribution in [-0.4, -0.2) is 19.5 Å². The van der Waals surface area contributed by atoms with Gasteiger partial charge in [0.05, 0.1) is 15.9 Å². The van der Waals surface area contributed by atoms with Gasteiger partial charge in [-0.05, 0) is 43.0 Å². The number of fused-ring (bicyclic) bond motifs is 2. The van der Waals surface area contributed by atoms with E-state index in [2.05, 4.69) is 15.0 Å². The van der Waals surface area contributed by atoms with E-state index in [4.69, 9.17) is 28.9 Å². The Kier molecular flexibility index (Phi) is 4.31. The van der Waals surface area contributed by atoms with Crippen molar-refractivity contribution < 1.29 is 0 Å². The molecule has 1 fully saturated rings. The van der Waals surface area contributed by atoms with E-state index in [0.29, 0.717) is 32.4 Å². The molecule has 0 saturated heterocycles. The molecule has 8 heteroatoms. The van der Waals surface area contributed by atoms with E-state index in [0.717, 1.165) is 17.5 Å². The van der Waals surface area contributed by atoms with Crippen LogP contribution in [0.25, 0.3) is 21.8 Å². The molecule has 3 heterocycles. The summed E-state index contributed by atoms with van der Waals surface area (Å²) in [5, 5.41) is 2.05. The van der Waals surface area contributed by atoms with Crippen LogP contribution < -0.4 is 11.3 Å². The van der Waals surface area contributed by atoms with E-state index in [9.17, 15) is 4.79 Å². The second-order valence-corrected chi connectivity index (χ2v) is 8.16. The molecule has 1 aliphatic rings. The van der Waals surface area contributed by atoms with E-state index in [1.54, 1.807) is 16.8 Å². The minimum atomic E-state index is -0.308. The smallest absolute Gasteiger partial charge is 0.260 e. The first-order valence-electron chi connectivity index (χ1n) is 9.33. The Labute approximate surface area is 176 Å². The fourth-order valence-electron chi connectivity index (χ4n) is 3.90. The van der Waals surface area contributed by atoms with Gasteiger partial charge >= 0.3 is 0 Å². The number of aromatic nitrogens is 4. The molecule has 1 aromatic carbocycles. The van der Waals surface area contributed by atoms with Gasteiger partial charge in [0.2, 0.25) is 0 Å². The van der Waals surface area contributed by atoms with Crippen LogP contribution in [0.4, 0.5) is 0 Å². The molecule has 4 aromatic rings. The van der Waals surface area contributed by atoms with Crippen molar-refractivity contribution in [1.82, 2.24) is 19.5 Å². The van der Waals surface area contributed by atoms with Crippen molar-refractivity contribution in [2.24, 2.45) is 5.73 Å². The van der Waals surface area contributed by atoms with Crippen molar-refractivity contribution in [2.75, 3.05) is 0 Å². The summed E-state index contributed by atoms with van der Waals surface area (Å²) in [6.07, 6.45) is 2.39. The van der Waals surface area contributed by atoms with Gasteiger partial charge in [-0.1, -0.05) is 35.3 Å². The Hall–Kier alpha value is -2.54. The molecule has 0 spiro atoms. The molecule has 5 rings (SSSR count). The summed E-state index contributed by atoms with van der Waals surface area (Å²) in [4.78, 5) is 26.7. The molecule has 2 N–H and O–H groups in total. The zero-order valence-electron chi connectivity index (χ0n) is 15.5. The molecule has 146 valence electrons. The average Bonchev–Trinajstić information content (AvgIpc) is 3.48. The predicted octanol–water partition coefficient (Wildman–Crippen LogP) is 4.39. The van der Waals surface area contributed by atoms with Crippen molar-refractivity contribution in [3.8, 4) is 0 Å². The van der Waals surface area contributed by atoms with E-state index in [1.807, 2.05) is 37.3 Å². The number of halogens is 2. The number of nitrogens with two attached hydrogens (primary N) is 1. The van der Waals surface area contributed by atoms with Gasteiger partial charge in [-0.2, -0.15) is 0 Å². The molecule has 3 atom stereocenters. The fourth-order valence-corrected chi connectivity index (χ4v) is 4.40. The molecule has 1 aliphatic carbocycles. The molecular formula is C21H17Cl2N5O. The van der Waals surface area contributed by atoms with E-state index in [1.165, 1.54) is 0 Å². The maximum atomic E-state index is 13.4. The topological polar surface area (TPSA) is 86.7 Å². The lowest BCUT2D eigenvalue weighted by atomic mass is 10.1. The minimum Gasteiger partial charge on any atom is -0.323 e. The Morgan fingerprint density at radius 2 is 2.03 bits per heavy atom. The standard InChI is InChI=1S/C21H17Cl2N5O/c1-10(24)15-8-11-4-2-5-13(22)17(11)21(29)28(15)16-9-12(16)20-26-14-6-3-7-25-18(14)19(23)27-20/h2-8,10,12,16H,9,24H2,1H3/t10-,12?,16?/m0/s1. The second-order valence-electron chi connectivity index (χ2n) is 7.39. The third-order valence-corrected chi connectivity index (χ3v) is 5.95. The van der Waals surface area contributed by atoms with Crippen LogP contribution in [0.3, 0.4) is 0 Å². The number of nitrogens with zero attached hydrogens (tertiary/aromatic N) is 4. The molecule has 0 aliphatic heterocycles. The van der Waals surface area contributed by atoms with Gasteiger partial charge in [-0.25, -0.2) is 9.97 Å². The second kappa shape index (κ2) is 6.76. The summed E-state index contributed by atoms with van der Waals surface area (Å²) >= 11 is 12.7. The summed E-state index contributed by atoms with van der Waals surface area (Å²) in [7, 11) is 0. The molecule has 29 heavy (non-hydrogen) atoms. The summed E-state index contributed by atoms with van der Waals surface area (Å²) in [5.74, 6) is 0.592. The van der Waals surface area contributed by atoms with Crippen LogP contribution in [0.1, 0.15) is 42.9 Å². The molecule has 0 amide bonds. The largest absolute Gasteiger partial charge is 0.323 e. The van der Waals surface area contributed by atoms with E-state index in [-0.39, 0.29) is 23.6 Å². The average molecular weight is 426 g/mol. The number of rotatable bonds is 3. The Balaban J connectivity index is 1.64. The molecule has 1 saturated carbocycles. The van der Waals surface area contributed by atoms with Gasteiger partial charge in [0.1, 0.15) is 11.3 Å². The number of benzene rings is 1. The molecule has 6 nitrogen and oxygen atoms in total. The van der Waals surface area contributed by atoms with E-state index < -0.39 is 0 Å². The Morgan fingerprint density at radius 3 is 2.83 bits per heavy atom. The van der Waals surface area contributed by atoms with Gasteiger partial charge < -0.3 is 10.3 Å². The quantitative estimate of drug-likeness (QED) is 0.491. The van der Waals surface area contributed by atoms with Crippen molar-refractivity contribution in [1.29, 1.82) is 0 Å². The van der Waals surface area contributed by atoms with Crippen LogP contribution in [0.2, 0.25) is 10.2 Å². The number of hydrogen-bond donors (Lipinski definition) is 1. The highest BCUT2D eigenvalue weighted by atomic mass is 35.5. The third kappa shape index (κ3) is 2.99.